The predicted molar refractivity (Wildman–Crippen MR) is 83.4 cm³/mol. The smallest absolute Gasteiger partial charge is 0.256 e. The Bertz CT molecular complexity index is 768. The maximum absolute atomic E-state index is 12.4. The Morgan fingerprint density at radius 3 is 2.20 bits per heavy atom. The van der Waals surface area contributed by atoms with Gasteiger partial charge in [-0.3, -0.25) is 4.79 Å². The van der Waals surface area contributed by atoms with Crippen LogP contribution in [0.1, 0.15) is 10.4 Å². The molecule has 0 aliphatic rings. The van der Waals surface area contributed by atoms with Gasteiger partial charge in [-0.2, -0.15) is 0 Å². The minimum absolute atomic E-state index is 0.135. The van der Waals surface area contributed by atoms with Gasteiger partial charge in [-0.1, -0.05) is 54.1 Å². The van der Waals surface area contributed by atoms with E-state index in [9.17, 15) is 4.79 Å². The number of fused-ring (bicyclic) bond motifs is 1. The topological polar surface area (TPSA) is 29.1 Å². The first kappa shape index (κ1) is 12.7. The normalized spacial score (nSPS) is 10.4. The highest BCUT2D eigenvalue weighted by atomic mass is 35.5. The van der Waals surface area contributed by atoms with Gasteiger partial charge in [-0.05, 0) is 29.7 Å². The van der Waals surface area contributed by atoms with Crippen molar-refractivity contribution in [2.45, 2.75) is 0 Å². The van der Waals surface area contributed by atoms with E-state index in [0.29, 0.717) is 10.6 Å². The lowest BCUT2D eigenvalue weighted by Crippen LogP contribution is -2.12. The molecule has 98 valence electrons. The van der Waals surface area contributed by atoms with Crippen molar-refractivity contribution in [3.8, 4) is 0 Å². The zero-order valence-electron chi connectivity index (χ0n) is 10.6. The van der Waals surface area contributed by atoms with E-state index >= 15 is 0 Å². The van der Waals surface area contributed by atoms with Crippen molar-refractivity contribution in [2.75, 3.05) is 5.32 Å². The highest BCUT2D eigenvalue weighted by Gasteiger charge is 2.11. The molecule has 3 aromatic carbocycles. The molecule has 0 saturated carbocycles. The molecule has 0 bridgehead atoms. The van der Waals surface area contributed by atoms with E-state index in [1.807, 2.05) is 54.6 Å². The fourth-order valence-corrected chi connectivity index (χ4v) is 2.41. The number of benzene rings is 3. The van der Waals surface area contributed by atoms with Crippen LogP contribution in [-0.4, -0.2) is 5.91 Å². The fourth-order valence-electron chi connectivity index (χ4n) is 2.18. The second kappa shape index (κ2) is 5.35. The first-order valence-corrected chi connectivity index (χ1v) is 6.67. The molecule has 0 radical (unpaired) electrons. The number of para-hydroxylation sites is 1. The summed E-state index contributed by atoms with van der Waals surface area (Å²) in [4.78, 5) is 12.4. The minimum Gasteiger partial charge on any atom is -0.322 e. The Hall–Kier alpha value is -2.32. The second-order valence-corrected chi connectivity index (χ2v) is 4.87. The molecule has 0 aliphatic heterocycles. The number of hydrogen-bond acceptors (Lipinski definition) is 1. The van der Waals surface area contributed by atoms with Gasteiger partial charge in [0, 0.05) is 21.7 Å². The Morgan fingerprint density at radius 2 is 1.45 bits per heavy atom. The lowest BCUT2D eigenvalue weighted by Gasteiger charge is -2.09. The van der Waals surface area contributed by atoms with E-state index in [4.69, 9.17) is 11.6 Å². The van der Waals surface area contributed by atoms with Gasteiger partial charge in [0.25, 0.3) is 5.91 Å². The summed E-state index contributed by atoms with van der Waals surface area (Å²) < 4.78 is 0. The van der Waals surface area contributed by atoms with Crippen molar-refractivity contribution in [2.24, 2.45) is 0 Å². The second-order valence-electron chi connectivity index (χ2n) is 4.46. The number of carbonyl (C=O) groups is 1. The van der Waals surface area contributed by atoms with Gasteiger partial charge in [0.2, 0.25) is 0 Å². The third-order valence-electron chi connectivity index (χ3n) is 3.15. The van der Waals surface area contributed by atoms with Gasteiger partial charge in [0.1, 0.15) is 0 Å². The molecule has 0 heterocycles. The fraction of sp³-hybridized carbons (Fsp3) is 0. The molecular formula is C17H12ClNO. The Morgan fingerprint density at radius 1 is 0.800 bits per heavy atom. The van der Waals surface area contributed by atoms with Crippen LogP contribution in [0.4, 0.5) is 5.69 Å². The molecule has 0 fully saturated rings. The van der Waals surface area contributed by atoms with Crippen molar-refractivity contribution >= 4 is 34.0 Å². The summed E-state index contributed by atoms with van der Waals surface area (Å²) in [5.41, 5.74) is 1.39. The Kier molecular flexibility index (Phi) is 3.40. The number of carbonyl (C=O) groups excluding carboxylic acids is 1. The summed E-state index contributed by atoms with van der Waals surface area (Å²) in [6, 6.07) is 20.5. The number of nitrogens with one attached hydrogen (secondary N) is 1. The molecule has 1 N–H and O–H groups in total. The molecule has 3 rings (SSSR count). The third-order valence-corrected chi connectivity index (χ3v) is 3.48. The van der Waals surface area contributed by atoms with E-state index in [1.54, 1.807) is 12.1 Å². The maximum atomic E-state index is 12.4. The monoisotopic (exact) mass is 281 g/mol. The van der Waals surface area contributed by atoms with Crippen LogP contribution in [0.25, 0.3) is 10.8 Å². The van der Waals surface area contributed by atoms with E-state index in [1.165, 1.54) is 0 Å². The quantitative estimate of drug-likeness (QED) is 0.722. The van der Waals surface area contributed by atoms with E-state index in [-0.39, 0.29) is 5.91 Å². The zero-order chi connectivity index (χ0) is 13.9. The largest absolute Gasteiger partial charge is 0.322 e. The summed E-state index contributed by atoms with van der Waals surface area (Å²) in [5.74, 6) is -0.135. The summed E-state index contributed by atoms with van der Waals surface area (Å²) in [6.07, 6.45) is 0. The van der Waals surface area contributed by atoms with Crippen LogP contribution in [0.15, 0.2) is 66.7 Å². The van der Waals surface area contributed by atoms with Crippen LogP contribution < -0.4 is 5.32 Å². The maximum Gasteiger partial charge on any atom is 0.256 e. The van der Waals surface area contributed by atoms with Crippen molar-refractivity contribution < 1.29 is 4.79 Å². The van der Waals surface area contributed by atoms with Crippen molar-refractivity contribution in [1.82, 2.24) is 0 Å². The number of hydrogen-bond donors (Lipinski definition) is 1. The van der Waals surface area contributed by atoms with Gasteiger partial charge < -0.3 is 5.32 Å². The molecule has 0 spiro atoms. The van der Waals surface area contributed by atoms with E-state index in [0.717, 1.165) is 16.5 Å². The Labute approximate surface area is 122 Å². The molecule has 0 aromatic heterocycles. The van der Waals surface area contributed by atoms with Gasteiger partial charge >= 0.3 is 0 Å². The molecule has 0 atom stereocenters. The number of halogens is 1. The number of anilines is 1. The molecule has 20 heavy (non-hydrogen) atoms. The molecule has 3 aromatic rings. The zero-order valence-corrected chi connectivity index (χ0v) is 11.4. The molecule has 0 saturated heterocycles. The first-order chi connectivity index (χ1) is 9.75. The Balaban J connectivity index is 2.02. The van der Waals surface area contributed by atoms with Gasteiger partial charge in [0.15, 0.2) is 0 Å². The van der Waals surface area contributed by atoms with Gasteiger partial charge in [-0.25, -0.2) is 0 Å². The van der Waals surface area contributed by atoms with Crippen molar-refractivity contribution in [3.63, 3.8) is 0 Å². The van der Waals surface area contributed by atoms with Crippen molar-refractivity contribution in [1.29, 1.82) is 0 Å². The van der Waals surface area contributed by atoms with Crippen LogP contribution in [0.2, 0.25) is 5.02 Å². The van der Waals surface area contributed by atoms with Gasteiger partial charge in [-0.15, -0.1) is 0 Å². The summed E-state index contributed by atoms with van der Waals surface area (Å²) in [5, 5.41) is 5.28. The van der Waals surface area contributed by atoms with Crippen LogP contribution in [0.3, 0.4) is 0 Å². The van der Waals surface area contributed by atoms with Crippen LogP contribution >= 0.6 is 11.6 Å². The molecule has 2 nitrogen and oxygen atoms in total. The van der Waals surface area contributed by atoms with Crippen LogP contribution in [0, 0.1) is 0 Å². The van der Waals surface area contributed by atoms with E-state index < -0.39 is 0 Å². The lowest BCUT2D eigenvalue weighted by molar-refractivity contribution is 0.102. The molecule has 0 unspecified atom stereocenters. The molecule has 0 aliphatic carbocycles. The average molecular weight is 282 g/mol. The number of rotatable bonds is 2. The van der Waals surface area contributed by atoms with Crippen LogP contribution in [0.5, 0.6) is 0 Å². The minimum atomic E-state index is -0.135. The predicted octanol–water partition coefficient (Wildman–Crippen LogP) is 4.75. The van der Waals surface area contributed by atoms with Crippen LogP contribution in [-0.2, 0) is 0 Å². The summed E-state index contributed by atoms with van der Waals surface area (Å²) in [6.45, 7) is 0. The highest BCUT2D eigenvalue weighted by Crippen LogP contribution is 2.26. The number of amides is 1. The van der Waals surface area contributed by atoms with Gasteiger partial charge in [0.05, 0.1) is 0 Å². The summed E-state index contributed by atoms with van der Waals surface area (Å²) >= 11 is 6.16. The molecule has 1 amide bonds. The molecule has 3 heteroatoms. The highest BCUT2D eigenvalue weighted by molar-refractivity contribution is 6.36. The molecular weight excluding hydrogens is 270 g/mol. The van der Waals surface area contributed by atoms with Crippen molar-refractivity contribution in [3.05, 3.63) is 77.3 Å². The lowest BCUT2D eigenvalue weighted by atomic mass is 10.0. The summed E-state index contributed by atoms with van der Waals surface area (Å²) in [7, 11) is 0. The SMILES string of the molecule is O=C(Nc1ccccc1)c1ccc(Cl)c2ccccc12. The standard InChI is InChI=1S/C17H12ClNO/c18-16-11-10-15(13-8-4-5-9-14(13)16)17(20)19-12-6-2-1-3-7-12/h1-11H,(H,19,20). The first-order valence-electron chi connectivity index (χ1n) is 6.29. The van der Waals surface area contributed by atoms with E-state index in [2.05, 4.69) is 5.32 Å². The average Bonchev–Trinajstić information content (AvgIpc) is 2.49. The third kappa shape index (κ3) is 2.38.